The van der Waals surface area contributed by atoms with Crippen molar-refractivity contribution in [1.82, 2.24) is 15.2 Å². The molecule has 1 saturated heterocycles. The minimum atomic E-state index is 0.717. The zero-order chi connectivity index (χ0) is 12.1. The normalized spacial score (nSPS) is 21.9. The second kappa shape index (κ2) is 6.47. The van der Waals surface area contributed by atoms with Crippen molar-refractivity contribution in [2.24, 2.45) is 0 Å². The molecule has 1 aromatic heterocycles. The van der Waals surface area contributed by atoms with E-state index in [2.05, 4.69) is 29.2 Å². The van der Waals surface area contributed by atoms with Gasteiger partial charge in [-0.15, -0.1) is 11.3 Å². The Morgan fingerprint density at radius 2 is 2.41 bits per heavy atom. The second-order valence-electron chi connectivity index (χ2n) is 4.83. The maximum Gasteiger partial charge on any atom is 0.107 e. The number of hydrogen-bond acceptors (Lipinski definition) is 4. The Hall–Kier alpha value is -0.450. The number of piperidine rings is 1. The first kappa shape index (κ1) is 13.0. The summed E-state index contributed by atoms with van der Waals surface area (Å²) in [6.45, 7) is 5.46. The third-order valence-electron chi connectivity index (χ3n) is 3.53. The molecule has 1 unspecified atom stereocenters. The molecule has 0 bridgehead atoms. The Kier molecular flexibility index (Phi) is 4.95. The fourth-order valence-electron chi connectivity index (χ4n) is 2.34. The van der Waals surface area contributed by atoms with Gasteiger partial charge in [0.05, 0.1) is 0 Å². The fraction of sp³-hybridized carbons (Fsp3) is 0.769. The van der Waals surface area contributed by atoms with E-state index in [-0.39, 0.29) is 0 Å². The Labute approximate surface area is 108 Å². The first-order valence-corrected chi connectivity index (χ1v) is 7.45. The minimum absolute atomic E-state index is 0.717. The van der Waals surface area contributed by atoms with Gasteiger partial charge >= 0.3 is 0 Å². The van der Waals surface area contributed by atoms with E-state index in [4.69, 9.17) is 0 Å². The van der Waals surface area contributed by atoms with Crippen LogP contribution >= 0.6 is 11.3 Å². The summed E-state index contributed by atoms with van der Waals surface area (Å²) in [5.74, 6) is 0. The van der Waals surface area contributed by atoms with Gasteiger partial charge in [0.1, 0.15) is 5.01 Å². The van der Waals surface area contributed by atoms with Crippen LogP contribution in [0.5, 0.6) is 0 Å². The molecule has 17 heavy (non-hydrogen) atoms. The summed E-state index contributed by atoms with van der Waals surface area (Å²) >= 11 is 1.83. The van der Waals surface area contributed by atoms with Crippen LogP contribution in [0, 0.1) is 0 Å². The number of nitrogens with zero attached hydrogens (tertiary/aromatic N) is 2. The van der Waals surface area contributed by atoms with Gasteiger partial charge in [0.15, 0.2) is 0 Å². The maximum absolute atomic E-state index is 4.43. The summed E-state index contributed by atoms with van der Waals surface area (Å²) in [4.78, 5) is 8.30. The van der Waals surface area contributed by atoms with Crippen molar-refractivity contribution in [3.05, 3.63) is 16.1 Å². The largest absolute Gasteiger partial charge is 0.309 e. The molecule has 0 aliphatic carbocycles. The van der Waals surface area contributed by atoms with Crippen LogP contribution in [-0.2, 0) is 13.0 Å². The molecule has 2 rings (SSSR count). The SMILES string of the molecule is CCc1cnc(CNCC2CCCCN2C)s1. The second-order valence-corrected chi connectivity index (χ2v) is 6.03. The van der Waals surface area contributed by atoms with Crippen molar-refractivity contribution in [2.45, 2.75) is 45.2 Å². The predicted molar refractivity (Wildman–Crippen MR) is 73.5 cm³/mol. The van der Waals surface area contributed by atoms with E-state index < -0.39 is 0 Å². The minimum Gasteiger partial charge on any atom is -0.309 e. The highest BCUT2D eigenvalue weighted by Gasteiger charge is 2.18. The van der Waals surface area contributed by atoms with Crippen LogP contribution < -0.4 is 5.32 Å². The highest BCUT2D eigenvalue weighted by Crippen LogP contribution is 2.15. The average Bonchev–Trinajstić information content (AvgIpc) is 2.80. The van der Waals surface area contributed by atoms with Gasteiger partial charge in [-0.2, -0.15) is 0 Å². The number of rotatable bonds is 5. The Balaban J connectivity index is 1.71. The van der Waals surface area contributed by atoms with Crippen molar-refractivity contribution >= 4 is 11.3 Å². The number of aromatic nitrogens is 1. The van der Waals surface area contributed by atoms with Gasteiger partial charge in [0.25, 0.3) is 0 Å². The number of aryl methyl sites for hydroxylation is 1. The Morgan fingerprint density at radius 1 is 1.53 bits per heavy atom. The molecule has 3 nitrogen and oxygen atoms in total. The molecule has 0 aromatic carbocycles. The maximum atomic E-state index is 4.43. The van der Waals surface area contributed by atoms with Crippen LogP contribution in [0.3, 0.4) is 0 Å². The lowest BCUT2D eigenvalue weighted by molar-refractivity contribution is 0.181. The molecule has 0 amide bonds. The van der Waals surface area contributed by atoms with Gasteiger partial charge in [-0.25, -0.2) is 4.98 Å². The van der Waals surface area contributed by atoms with Crippen LogP contribution in [0.25, 0.3) is 0 Å². The van der Waals surface area contributed by atoms with Gasteiger partial charge in [-0.1, -0.05) is 13.3 Å². The molecule has 2 heterocycles. The van der Waals surface area contributed by atoms with E-state index in [1.165, 1.54) is 35.7 Å². The number of nitrogens with one attached hydrogen (secondary N) is 1. The number of thiazole rings is 1. The molecule has 0 radical (unpaired) electrons. The van der Waals surface area contributed by atoms with E-state index in [0.29, 0.717) is 6.04 Å². The quantitative estimate of drug-likeness (QED) is 0.872. The highest BCUT2D eigenvalue weighted by atomic mass is 32.1. The van der Waals surface area contributed by atoms with Gasteiger partial charge in [-0.05, 0) is 32.9 Å². The van der Waals surface area contributed by atoms with Crippen molar-refractivity contribution in [1.29, 1.82) is 0 Å². The standard InChI is InChI=1S/C13H23N3S/c1-3-12-9-15-13(17-12)10-14-8-11-6-4-5-7-16(11)2/h9,11,14H,3-8,10H2,1-2H3. The summed E-state index contributed by atoms with van der Waals surface area (Å²) in [6, 6.07) is 0.717. The summed E-state index contributed by atoms with van der Waals surface area (Å²) < 4.78 is 0. The summed E-state index contributed by atoms with van der Waals surface area (Å²) in [7, 11) is 2.24. The summed E-state index contributed by atoms with van der Waals surface area (Å²) in [6.07, 6.45) is 7.19. The molecule has 4 heteroatoms. The average molecular weight is 253 g/mol. The van der Waals surface area contributed by atoms with Crippen molar-refractivity contribution in [2.75, 3.05) is 20.1 Å². The molecule has 0 saturated carbocycles. The molecule has 1 fully saturated rings. The lowest BCUT2D eigenvalue weighted by atomic mass is 10.0. The summed E-state index contributed by atoms with van der Waals surface area (Å²) in [5, 5.41) is 4.77. The van der Waals surface area contributed by atoms with Crippen molar-refractivity contribution in [3.63, 3.8) is 0 Å². The number of likely N-dealkylation sites (tertiary alicyclic amines) is 1. The lowest BCUT2D eigenvalue weighted by Crippen LogP contribution is -2.42. The summed E-state index contributed by atoms with van der Waals surface area (Å²) in [5.41, 5.74) is 0. The van der Waals surface area contributed by atoms with Crippen molar-refractivity contribution in [3.8, 4) is 0 Å². The molecular formula is C13H23N3S. The van der Waals surface area contributed by atoms with Crippen LogP contribution in [0.15, 0.2) is 6.20 Å². The first-order valence-electron chi connectivity index (χ1n) is 6.64. The van der Waals surface area contributed by atoms with E-state index in [1.54, 1.807) is 0 Å². The molecule has 0 spiro atoms. The van der Waals surface area contributed by atoms with Gasteiger partial charge < -0.3 is 10.2 Å². The van der Waals surface area contributed by atoms with Gasteiger partial charge in [0.2, 0.25) is 0 Å². The molecule has 96 valence electrons. The number of likely N-dealkylation sites (N-methyl/N-ethyl adjacent to an activating group) is 1. The molecule has 1 aromatic rings. The zero-order valence-corrected chi connectivity index (χ0v) is 11.7. The Bertz CT molecular complexity index is 337. The van der Waals surface area contributed by atoms with Crippen LogP contribution in [0.1, 0.15) is 36.1 Å². The first-order chi connectivity index (χ1) is 8.29. The lowest BCUT2D eigenvalue weighted by Gasteiger charge is -2.32. The monoisotopic (exact) mass is 253 g/mol. The van der Waals surface area contributed by atoms with Crippen LogP contribution in [-0.4, -0.2) is 36.1 Å². The van der Waals surface area contributed by atoms with Crippen LogP contribution in [0.2, 0.25) is 0 Å². The molecule has 1 aliphatic heterocycles. The Morgan fingerprint density at radius 3 is 3.12 bits per heavy atom. The van der Waals surface area contributed by atoms with Crippen LogP contribution in [0.4, 0.5) is 0 Å². The highest BCUT2D eigenvalue weighted by molar-refractivity contribution is 7.11. The molecule has 1 atom stereocenters. The zero-order valence-electron chi connectivity index (χ0n) is 10.9. The topological polar surface area (TPSA) is 28.2 Å². The third-order valence-corrected chi connectivity index (χ3v) is 4.67. The molecule has 1 aliphatic rings. The van der Waals surface area contributed by atoms with Gasteiger partial charge in [-0.3, -0.25) is 0 Å². The van der Waals surface area contributed by atoms with Gasteiger partial charge in [0, 0.05) is 30.2 Å². The number of hydrogen-bond donors (Lipinski definition) is 1. The molecule has 1 N–H and O–H groups in total. The van der Waals surface area contributed by atoms with E-state index in [1.807, 2.05) is 17.5 Å². The van der Waals surface area contributed by atoms with E-state index in [0.717, 1.165) is 19.5 Å². The predicted octanol–water partition coefficient (Wildman–Crippen LogP) is 2.28. The van der Waals surface area contributed by atoms with Crippen molar-refractivity contribution < 1.29 is 0 Å². The van der Waals surface area contributed by atoms with E-state index >= 15 is 0 Å². The fourth-order valence-corrected chi connectivity index (χ4v) is 3.17. The third kappa shape index (κ3) is 3.76. The molecular weight excluding hydrogens is 230 g/mol. The smallest absolute Gasteiger partial charge is 0.107 e. The van der Waals surface area contributed by atoms with E-state index in [9.17, 15) is 0 Å².